The maximum atomic E-state index is 13.2. The van der Waals surface area contributed by atoms with Crippen LogP contribution in [0.3, 0.4) is 0 Å². The van der Waals surface area contributed by atoms with Gasteiger partial charge in [0.2, 0.25) is 5.91 Å². The molecular weight excluding hydrogens is 472 g/mol. The minimum atomic E-state index is -1.62. The maximum Gasteiger partial charge on any atom is 0.322 e. The van der Waals surface area contributed by atoms with Gasteiger partial charge in [0.1, 0.15) is 5.84 Å². The van der Waals surface area contributed by atoms with Gasteiger partial charge >= 0.3 is 6.03 Å². The molecule has 1 aliphatic carbocycles. The van der Waals surface area contributed by atoms with Crippen molar-refractivity contribution in [2.75, 3.05) is 18.4 Å². The van der Waals surface area contributed by atoms with Crippen LogP contribution in [0.4, 0.5) is 10.5 Å². The number of hydrogen-bond donors (Lipinski definition) is 2. The molecule has 1 aromatic carbocycles. The van der Waals surface area contributed by atoms with Crippen molar-refractivity contribution in [1.29, 1.82) is 0 Å². The van der Waals surface area contributed by atoms with Crippen LogP contribution in [-0.2, 0) is 4.79 Å². The molecule has 0 bridgehead atoms. The fraction of sp³-hybridized carbons (Fsp3) is 0.522. The molecule has 166 valence electrons. The molecule has 1 fully saturated rings. The molecule has 2 heterocycles. The van der Waals surface area contributed by atoms with E-state index < -0.39 is 13.6 Å². The van der Waals surface area contributed by atoms with Crippen molar-refractivity contribution in [1.82, 2.24) is 10.2 Å². The van der Waals surface area contributed by atoms with Crippen molar-refractivity contribution < 1.29 is 9.59 Å². The lowest BCUT2D eigenvalue weighted by Gasteiger charge is -2.34. The summed E-state index contributed by atoms with van der Waals surface area (Å²) in [5.41, 5.74) is 3.41. The molecule has 4 rings (SSSR count). The van der Waals surface area contributed by atoms with Gasteiger partial charge in [-0.05, 0) is 66.7 Å². The van der Waals surface area contributed by atoms with E-state index in [1.807, 2.05) is 43.9 Å². The van der Waals surface area contributed by atoms with E-state index in [9.17, 15) is 9.59 Å². The summed E-state index contributed by atoms with van der Waals surface area (Å²) in [6.07, 6.45) is 1.94. The van der Waals surface area contributed by atoms with Gasteiger partial charge in [0.05, 0.1) is 32.4 Å². The number of aliphatic imine (C=N–C) groups is 1. The first kappa shape index (κ1) is 22.3. The number of halogens is 1. The molecule has 0 unspecified atom stereocenters. The van der Waals surface area contributed by atoms with Crippen LogP contribution >= 0.6 is 15.9 Å². The predicted octanol–water partition coefficient (Wildman–Crippen LogP) is 5.08. The topological polar surface area (TPSA) is 73.8 Å². The van der Waals surface area contributed by atoms with E-state index >= 15 is 0 Å². The summed E-state index contributed by atoms with van der Waals surface area (Å²) in [5.74, 6) is 0.772. The van der Waals surface area contributed by atoms with E-state index in [0.717, 1.165) is 39.7 Å². The highest BCUT2D eigenvalue weighted by atomic mass is 79.9. The molecule has 0 spiro atoms. The number of para-hydroxylation sites is 1. The Morgan fingerprint density at radius 1 is 1.16 bits per heavy atom. The molecule has 6 nitrogen and oxygen atoms in total. The highest BCUT2D eigenvalue weighted by Gasteiger charge is 2.59. The summed E-state index contributed by atoms with van der Waals surface area (Å²) in [7, 11) is -1.62. The molecule has 2 aliphatic heterocycles. The average molecular weight is 504 g/mol. The van der Waals surface area contributed by atoms with E-state index in [2.05, 4.69) is 51.2 Å². The number of amides is 3. The van der Waals surface area contributed by atoms with Gasteiger partial charge in [-0.15, -0.1) is 0 Å². The Morgan fingerprint density at radius 2 is 1.84 bits per heavy atom. The first-order valence-corrected chi connectivity index (χ1v) is 15.1. The number of carbonyl (C=O) groups is 2. The highest BCUT2D eigenvalue weighted by Crippen LogP contribution is 2.60. The van der Waals surface area contributed by atoms with Gasteiger partial charge in [-0.1, -0.05) is 31.8 Å². The number of hydrogen-bond acceptors (Lipinski definition) is 3. The van der Waals surface area contributed by atoms with E-state index in [0.29, 0.717) is 18.9 Å². The third kappa shape index (κ3) is 3.57. The Morgan fingerprint density at radius 3 is 2.42 bits per heavy atom. The van der Waals surface area contributed by atoms with Crippen LogP contribution in [0.5, 0.6) is 0 Å². The normalized spacial score (nSPS) is 21.0. The molecule has 3 aliphatic rings. The first-order chi connectivity index (χ1) is 14.4. The number of benzene rings is 1. The van der Waals surface area contributed by atoms with Crippen molar-refractivity contribution in [3.8, 4) is 0 Å². The number of carbonyl (C=O) groups excluding carboxylic acids is 2. The maximum absolute atomic E-state index is 13.2. The Bertz CT molecular complexity index is 1010. The summed E-state index contributed by atoms with van der Waals surface area (Å²) in [4.78, 5) is 32.9. The van der Waals surface area contributed by atoms with E-state index in [-0.39, 0.29) is 17.0 Å². The minimum Gasteiger partial charge on any atom is -0.311 e. The summed E-state index contributed by atoms with van der Waals surface area (Å²) in [6.45, 7) is 13.8. The van der Waals surface area contributed by atoms with Gasteiger partial charge in [-0.25, -0.2) is 4.79 Å². The Hall–Kier alpha value is -1.93. The second-order valence-corrected chi connectivity index (χ2v) is 16.7. The summed E-state index contributed by atoms with van der Waals surface area (Å²) >= 11 is 3.53. The average Bonchev–Trinajstić information content (AvgIpc) is 3.33. The van der Waals surface area contributed by atoms with Crippen LogP contribution in [0.15, 0.2) is 38.8 Å². The van der Waals surface area contributed by atoms with Crippen LogP contribution in [0, 0.1) is 6.92 Å². The van der Waals surface area contributed by atoms with Gasteiger partial charge < -0.3 is 15.5 Å². The number of rotatable bonds is 3. The second-order valence-electron chi connectivity index (χ2n) is 10.4. The van der Waals surface area contributed by atoms with Gasteiger partial charge in [0, 0.05) is 15.1 Å². The van der Waals surface area contributed by atoms with E-state index in [1.165, 1.54) is 0 Å². The third-order valence-corrected chi connectivity index (χ3v) is 11.6. The number of nitrogens with zero attached hydrogens (tertiary/aromatic N) is 2. The van der Waals surface area contributed by atoms with Crippen molar-refractivity contribution >= 4 is 47.5 Å². The second kappa shape index (κ2) is 7.30. The fourth-order valence-corrected chi connectivity index (χ4v) is 7.75. The lowest BCUT2D eigenvalue weighted by atomic mass is 9.94. The molecule has 3 amide bonds. The quantitative estimate of drug-likeness (QED) is 0.565. The molecule has 0 saturated heterocycles. The molecular formula is C23H31BrN4O2Si. The SMILES string of the molecule is Cc1cccc(Br)c1NC(=O)N1CC2=C(CN=C2NC(=O)C2([Si](C)(C)C)CC2)C1(C)C. The summed E-state index contributed by atoms with van der Waals surface area (Å²) < 4.78 is 0.856. The monoisotopic (exact) mass is 502 g/mol. The van der Waals surface area contributed by atoms with Gasteiger partial charge in [-0.3, -0.25) is 9.79 Å². The van der Waals surface area contributed by atoms with Gasteiger partial charge in [0.15, 0.2) is 0 Å². The highest BCUT2D eigenvalue weighted by molar-refractivity contribution is 9.10. The van der Waals surface area contributed by atoms with Crippen LogP contribution in [-0.4, -0.2) is 49.4 Å². The van der Waals surface area contributed by atoms with E-state index in [4.69, 9.17) is 0 Å². The molecule has 0 atom stereocenters. The molecule has 8 heteroatoms. The Balaban J connectivity index is 1.51. The van der Waals surface area contributed by atoms with Crippen LogP contribution in [0.2, 0.25) is 24.7 Å². The van der Waals surface area contributed by atoms with Crippen molar-refractivity contribution in [2.24, 2.45) is 4.99 Å². The molecule has 0 aromatic heterocycles. The van der Waals surface area contributed by atoms with Crippen LogP contribution in [0.1, 0.15) is 32.3 Å². The van der Waals surface area contributed by atoms with Crippen molar-refractivity contribution in [3.05, 3.63) is 39.4 Å². The van der Waals surface area contributed by atoms with Crippen LogP contribution in [0.25, 0.3) is 0 Å². The van der Waals surface area contributed by atoms with Crippen LogP contribution < -0.4 is 10.6 Å². The number of urea groups is 1. The number of anilines is 1. The lowest BCUT2D eigenvalue weighted by molar-refractivity contribution is -0.120. The Labute approximate surface area is 193 Å². The Kier molecular flexibility index (Phi) is 5.24. The molecule has 2 N–H and O–H groups in total. The molecule has 1 aromatic rings. The zero-order chi connectivity index (χ0) is 22.8. The molecule has 31 heavy (non-hydrogen) atoms. The van der Waals surface area contributed by atoms with Gasteiger partial charge in [-0.2, -0.15) is 0 Å². The number of aryl methyl sites for hydroxylation is 1. The smallest absolute Gasteiger partial charge is 0.311 e. The fourth-order valence-electron chi connectivity index (χ4n) is 4.82. The van der Waals surface area contributed by atoms with Gasteiger partial charge in [0.25, 0.3) is 0 Å². The lowest BCUT2D eigenvalue weighted by Crippen LogP contribution is -2.48. The first-order valence-electron chi connectivity index (χ1n) is 10.8. The summed E-state index contributed by atoms with van der Waals surface area (Å²) in [5, 5.41) is 6.03. The largest absolute Gasteiger partial charge is 0.322 e. The number of nitrogens with one attached hydrogen (secondary N) is 2. The summed E-state index contributed by atoms with van der Waals surface area (Å²) in [6, 6.07) is 5.69. The van der Waals surface area contributed by atoms with Crippen molar-refractivity contribution in [2.45, 2.75) is 63.8 Å². The molecule has 1 saturated carbocycles. The molecule has 0 radical (unpaired) electrons. The predicted molar refractivity (Wildman–Crippen MR) is 131 cm³/mol. The van der Waals surface area contributed by atoms with Crippen molar-refractivity contribution in [3.63, 3.8) is 0 Å². The zero-order valence-electron chi connectivity index (χ0n) is 19.1. The zero-order valence-corrected chi connectivity index (χ0v) is 21.7. The third-order valence-electron chi connectivity index (χ3n) is 7.33. The van der Waals surface area contributed by atoms with E-state index in [1.54, 1.807) is 0 Å². The number of amidine groups is 1. The standard InChI is InChI=1S/C23H31BrN4O2Si/c1-14-8-7-9-17(24)18(14)26-21(30)28-13-15-16(22(28,2)3)12-25-19(15)27-20(29)23(10-11-23)31(4,5)6/h7-9H,10-13H2,1-6H3,(H,26,30)(H,25,27,29). The minimum absolute atomic E-state index is 0.115.